The molecule has 20 heteroatoms. The van der Waals surface area contributed by atoms with E-state index in [0.29, 0.717) is 23.7 Å². The first-order chi connectivity index (χ1) is 39.8. The van der Waals surface area contributed by atoms with E-state index in [9.17, 15) is 65.4 Å². The Morgan fingerprint density at radius 1 is 0.482 bits per heavy atom. The molecule has 0 aromatic heterocycles. The lowest BCUT2D eigenvalue weighted by Crippen LogP contribution is -2.55. The van der Waals surface area contributed by atoms with Crippen LogP contribution in [0.2, 0.25) is 0 Å². The molecule has 4 spiro atoms. The second-order valence-electron chi connectivity index (χ2n) is 26.2. The molecule has 0 amide bonds. The van der Waals surface area contributed by atoms with Crippen LogP contribution in [-0.4, -0.2) is 172 Å². The van der Waals surface area contributed by atoms with Gasteiger partial charge in [0.15, 0.2) is 48.3 Å². The van der Waals surface area contributed by atoms with E-state index in [1.54, 1.807) is 52.8 Å². The monoisotopic (exact) mass is 1180 g/mol. The molecule has 4 aliphatic heterocycles. The summed E-state index contributed by atoms with van der Waals surface area (Å²) in [6, 6.07) is 0. The standard InChI is InChI=1S/C65H82O20/c1-32-12-10-14-42-20-38(28-66)34(3)21-62(42)51(74)45(55(78)82-62)43(70)15-18-60(8)26-40(30-68)37(6)24-65(60)54(77)48(58(81)85-65)50(73)33(2)13-11-17-59(7)25-39(29-67)35(4)22-63(59)52(75)46(56(79)83-63)44(71)16-19-61(9)27-41(31-69)36(5)23-64(61)53(76)47(49(32)72)57(80)84-64/h10-20,25-27,30-31,34-37,42-50,55-58,66-67,70-73,78-81H,21-24,28-29H2,1-9H3/b14-10+,17-11+,18-15+,19-16+,32-12+,33-13+. The molecule has 4 heterocycles. The average molecular weight is 1180 g/mol. The zero-order valence-corrected chi connectivity index (χ0v) is 49.3. The van der Waals surface area contributed by atoms with E-state index >= 15 is 14.4 Å². The summed E-state index contributed by atoms with van der Waals surface area (Å²) in [7, 11) is 0. The number of fused-ring (bicyclic) bond motifs is 4. The molecule has 9 rings (SSSR count). The second-order valence-corrected chi connectivity index (χ2v) is 26.2. The maximum absolute atomic E-state index is 15.1. The van der Waals surface area contributed by atoms with Gasteiger partial charge in [-0.2, -0.15) is 0 Å². The SMILES string of the molecule is C/C1=C\C=C\C2(C)C=C(CO)C(C)CC23OC(O)C(C3=O)C(O)/C=C/C2(C)C=C(C=O)C(C)CC23OC(O)C(C3=O)C(O)/C(C)=C/C=C/C2C=C(CO)C(C)CC23OC(O)C(C3=O)C(O)/C=C/C2(C)C=C(C=O)C(C)CC23OC(O)C(C3=O)C1O. The van der Waals surface area contributed by atoms with Crippen LogP contribution >= 0.6 is 0 Å². The first kappa shape index (κ1) is 64.3. The van der Waals surface area contributed by atoms with Crippen molar-refractivity contribution >= 4 is 35.7 Å². The van der Waals surface area contributed by atoms with E-state index in [1.807, 2.05) is 0 Å². The number of ether oxygens (including phenoxy) is 4. The van der Waals surface area contributed by atoms with Crippen molar-refractivity contribution in [2.75, 3.05) is 13.2 Å². The van der Waals surface area contributed by atoms with Crippen molar-refractivity contribution in [1.82, 2.24) is 0 Å². The van der Waals surface area contributed by atoms with E-state index < -0.39 is 178 Å². The number of aliphatic hydroxyl groups excluding tert-OH is 10. The Bertz CT molecular complexity index is 3070. The van der Waals surface area contributed by atoms with E-state index in [2.05, 4.69) is 0 Å². The van der Waals surface area contributed by atoms with E-state index in [-0.39, 0.29) is 48.0 Å². The second kappa shape index (κ2) is 23.1. The minimum absolute atomic E-state index is 0.0577. The molecule has 24 atom stereocenters. The van der Waals surface area contributed by atoms with Gasteiger partial charge in [0, 0.05) is 22.2 Å². The molecule has 10 N–H and O–H groups in total. The van der Waals surface area contributed by atoms with Crippen LogP contribution in [0.15, 0.2) is 119 Å². The molecule has 4 fully saturated rings. The first-order valence-corrected chi connectivity index (χ1v) is 29.3. The summed E-state index contributed by atoms with van der Waals surface area (Å²) in [5.41, 5.74) is -10.6. The zero-order chi connectivity index (χ0) is 62.5. The minimum atomic E-state index is -1.98. The smallest absolute Gasteiger partial charge is 0.177 e. The Kier molecular flexibility index (Phi) is 17.5. The Balaban J connectivity index is 1.17. The third-order valence-corrected chi connectivity index (χ3v) is 20.8. The van der Waals surface area contributed by atoms with E-state index in [4.69, 9.17) is 18.9 Å². The molecule has 8 bridgehead atoms. The molecule has 4 saturated heterocycles. The van der Waals surface area contributed by atoms with Crippen LogP contribution < -0.4 is 0 Å². The fraction of sp³-hybridized carbons (Fsp3) is 0.600. The molecule has 0 aromatic rings. The zero-order valence-electron chi connectivity index (χ0n) is 49.3. The van der Waals surface area contributed by atoms with Gasteiger partial charge >= 0.3 is 0 Å². The Labute approximate surface area is 494 Å². The summed E-state index contributed by atoms with van der Waals surface area (Å²) in [5.74, 6) is -12.6. The lowest BCUT2D eigenvalue weighted by Gasteiger charge is -2.47. The molecule has 0 saturated carbocycles. The lowest BCUT2D eigenvalue weighted by atomic mass is 9.59. The van der Waals surface area contributed by atoms with Gasteiger partial charge in [-0.15, -0.1) is 0 Å². The van der Waals surface area contributed by atoms with E-state index in [1.165, 1.54) is 94.5 Å². The summed E-state index contributed by atoms with van der Waals surface area (Å²) in [6.07, 6.45) is 6.26. The molecule has 0 radical (unpaired) electrons. The third kappa shape index (κ3) is 10.00. The number of ketones is 4. The van der Waals surface area contributed by atoms with Crippen LogP contribution in [0.3, 0.4) is 0 Å². The maximum Gasteiger partial charge on any atom is 0.177 e. The van der Waals surface area contributed by atoms with Crippen molar-refractivity contribution in [2.45, 2.75) is 160 Å². The Morgan fingerprint density at radius 2 is 0.871 bits per heavy atom. The number of rotatable bonds is 4. The molecule has 9 aliphatic rings. The normalized spacial score (nSPS) is 50.6. The van der Waals surface area contributed by atoms with Gasteiger partial charge in [0.1, 0.15) is 58.6 Å². The summed E-state index contributed by atoms with van der Waals surface area (Å²) in [4.78, 5) is 85.4. The van der Waals surface area contributed by atoms with Gasteiger partial charge in [0.05, 0.1) is 37.6 Å². The highest BCUT2D eigenvalue weighted by molar-refractivity contribution is 5.97. The Morgan fingerprint density at radius 3 is 1.33 bits per heavy atom. The van der Waals surface area contributed by atoms with E-state index in [0.717, 1.165) is 0 Å². The van der Waals surface area contributed by atoms with Gasteiger partial charge in [0.2, 0.25) is 0 Å². The summed E-state index contributed by atoms with van der Waals surface area (Å²) < 4.78 is 25.0. The topological polar surface area (TPSA) is 342 Å². The van der Waals surface area contributed by atoms with Crippen molar-refractivity contribution < 1.29 is 98.8 Å². The average Bonchev–Trinajstić information content (AvgIpc) is 1.67. The number of hydrogen-bond donors (Lipinski definition) is 10. The molecule has 0 aromatic carbocycles. The van der Waals surface area contributed by atoms with Crippen molar-refractivity contribution in [3.63, 3.8) is 0 Å². The highest BCUT2D eigenvalue weighted by Gasteiger charge is 2.69. The predicted octanol–water partition coefficient (Wildman–Crippen LogP) is 2.53. The van der Waals surface area contributed by atoms with Crippen LogP contribution in [0.4, 0.5) is 0 Å². The lowest BCUT2D eigenvalue weighted by molar-refractivity contribution is -0.186. The van der Waals surface area contributed by atoms with Crippen molar-refractivity contribution in [3.8, 4) is 0 Å². The van der Waals surface area contributed by atoms with Gasteiger partial charge in [-0.05, 0) is 117 Å². The van der Waals surface area contributed by atoms with Crippen LogP contribution in [0, 0.1) is 69.5 Å². The van der Waals surface area contributed by atoms with Crippen molar-refractivity contribution in [1.29, 1.82) is 0 Å². The minimum Gasteiger partial charge on any atom is -0.392 e. The number of aliphatic hydroxyl groups is 10. The molecule has 85 heavy (non-hydrogen) atoms. The predicted molar refractivity (Wildman–Crippen MR) is 303 cm³/mol. The van der Waals surface area contributed by atoms with Crippen LogP contribution in [-0.2, 0) is 47.7 Å². The highest BCUT2D eigenvalue weighted by atomic mass is 16.6. The summed E-state index contributed by atoms with van der Waals surface area (Å²) in [6.45, 7) is 13.8. The summed E-state index contributed by atoms with van der Waals surface area (Å²) >= 11 is 0. The van der Waals surface area contributed by atoms with Crippen molar-refractivity contribution in [3.05, 3.63) is 119 Å². The van der Waals surface area contributed by atoms with Crippen molar-refractivity contribution in [2.24, 2.45) is 69.5 Å². The van der Waals surface area contributed by atoms with Gasteiger partial charge in [-0.3, -0.25) is 28.8 Å². The molecule has 462 valence electrons. The Hall–Kier alpha value is -5.14. The van der Waals surface area contributed by atoms with Gasteiger partial charge in [-0.1, -0.05) is 113 Å². The largest absolute Gasteiger partial charge is 0.392 e. The fourth-order valence-electron chi connectivity index (χ4n) is 15.5. The van der Waals surface area contributed by atoms with Gasteiger partial charge in [-0.25, -0.2) is 0 Å². The summed E-state index contributed by atoms with van der Waals surface area (Å²) in [5, 5.41) is 116. The number of carbonyl (C=O) groups is 6. The molecule has 24 unspecified atom stereocenters. The van der Waals surface area contributed by atoms with Gasteiger partial charge in [0.25, 0.3) is 0 Å². The first-order valence-electron chi connectivity index (χ1n) is 29.3. The highest BCUT2D eigenvalue weighted by Crippen LogP contribution is 2.58. The number of hydrogen-bond acceptors (Lipinski definition) is 20. The molecule has 5 aliphatic carbocycles. The number of allylic oxidation sites excluding steroid dienone is 6. The molecular weight excluding hydrogens is 1100 g/mol. The van der Waals surface area contributed by atoms with Crippen LogP contribution in [0.25, 0.3) is 0 Å². The van der Waals surface area contributed by atoms with Gasteiger partial charge < -0.3 is 70.0 Å². The molecule has 20 nitrogen and oxygen atoms in total. The molecular formula is C65H82O20. The number of carbonyl (C=O) groups excluding carboxylic acids is 6. The third-order valence-electron chi connectivity index (χ3n) is 20.8. The fourth-order valence-corrected chi connectivity index (χ4v) is 15.5. The van der Waals surface area contributed by atoms with Crippen LogP contribution in [0.1, 0.15) is 88.0 Å². The number of Topliss-reactive ketones (excluding diaryl/α,β-unsaturated/α-hetero) is 4. The van der Waals surface area contributed by atoms with Crippen LogP contribution in [0.5, 0.6) is 0 Å². The number of aldehydes is 2. The maximum atomic E-state index is 15.1. The quantitative estimate of drug-likeness (QED) is 0.143.